The van der Waals surface area contributed by atoms with Gasteiger partial charge in [0.2, 0.25) is 0 Å². The molecule has 0 amide bonds. The van der Waals surface area contributed by atoms with Crippen molar-refractivity contribution in [2.24, 2.45) is 16.8 Å². The lowest BCUT2D eigenvalue weighted by atomic mass is 9.81. The fourth-order valence-electron chi connectivity index (χ4n) is 3.24. The molecule has 0 aromatic carbocycles. The Balaban J connectivity index is 1.60. The van der Waals surface area contributed by atoms with Gasteiger partial charge in [0.25, 0.3) is 0 Å². The summed E-state index contributed by atoms with van der Waals surface area (Å²) in [6.45, 7) is 6.39. The first kappa shape index (κ1) is 17.3. The van der Waals surface area contributed by atoms with E-state index in [4.69, 9.17) is 0 Å². The van der Waals surface area contributed by atoms with Crippen LogP contribution in [0.5, 0.6) is 0 Å². The molecule has 2 atom stereocenters. The Bertz CT molecular complexity index is 469. The first-order chi connectivity index (χ1) is 10.7. The predicted octanol–water partition coefficient (Wildman–Crippen LogP) is 3.38. The highest BCUT2D eigenvalue weighted by atomic mass is 32.1. The van der Waals surface area contributed by atoms with Crippen molar-refractivity contribution < 1.29 is 0 Å². The molecular formula is C17H30N4S. The van der Waals surface area contributed by atoms with Gasteiger partial charge in [0.05, 0.1) is 5.01 Å². The third-order valence-electron chi connectivity index (χ3n) is 4.41. The van der Waals surface area contributed by atoms with Crippen molar-refractivity contribution in [3.8, 4) is 0 Å². The van der Waals surface area contributed by atoms with Crippen LogP contribution < -0.4 is 10.6 Å². The fraction of sp³-hybridized carbons (Fsp3) is 0.765. The van der Waals surface area contributed by atoms with E-state index in [1.165, 1.54) is 42.0 Å². The molecule has 0 radical (unpaired) electrons. The Kier molecular flexibility index (Phi) is 7.16. The number of nitrogens with one attached hydrogen (secondary N) is 2. The maximum atomic E-state index is 4.39. The fourth-order valence-corrected chi connectivity index (χ4v) is 4.03. The molecule has 0 spiro atoms. The van der Waals surface area contributed by atoms with E-state index in [-0.39, 0.29) is 0 Å². The molecular weight excluding hydrogens is 292 g/mol. The minimum Gasteiger partial charge on any atom is -0.356 e. The van der Waals surface area contributed by atoms with E-state index in [0.29, 0.717) is 0 Å². The zero-order valence-electron chi connectivity index (χ0n) is 14.2. The first-order valence-electron chi connectivity index (χ1n) is 8.53. The van der Waals surface area contributed by atoms with E-state index >= 15 is 0 Å². The van der Waals surface area contributed by atoms with Crippen LogP contribution in [0.2, 0.25) is 0 Å². The average Bonchev–Trinajstić information content (AvgIpc) is 2.91. The summed E-state index contributed by atoms with van der Waals surface area (Å²) in [5, 5.41) is 8.02. The van der Waals surface area contributed by atoms with Crippen LogP contribution in [0.3, 0.4) is 0 Å². The lowest BCUT2D eigenvalue weighted by Crippen LogP contribution is -2.39. The summed E-state index contributed by atoms with van der Waals surface area (Å²) in [7, 11) is 1.84. The van der Waals surface area contributed by atoms with E-state index in [1.54, 1.807) is 11.3 Å². The van der Waals surface area contributed by atoms with Crippen LogP contribution in [0.15, 0.2) is 11.2 Å². The number of hydrogen-bond acceptors (Lipinski definition) is 3. The van der Waals surface area contributed by atoms with Gasteiger partial charge < -0.3 is 10.6 Å². The van der Waals surface area contributed by atoms with Gasteiger partial charge >= 0.3 is 0 Å². The largest absolute Gasteiger partial charge is 0.356 e. The molecule has 5 heteroatoms. The van der Waals surface area contributed by atoms with Crippen molar-refractivity contribution in [2.45, 2.75) is 52.4 Å². The van der Waals surface area contributed by atoms with E-state index < -0.39 is 0 Å². The summed E-state index contributed by atoms with van der Waals surface area (Å²) in [5.41, 5.74) is 0. The Morgan fingerprint density at radius 3 is 2.86 bits per heavy atom. The van der Waals surface area contributed by atoms with Gasteiger partial charge in [0.1, 0.15) is 0 Å². The van der Waals surface area contributed by atoms with Crippen LogP contribution in [0.4, 0.5) is 0 Å². The van der Waals surface area contributed by atoms with Crippen LogP contribution >= 0.6 is 11.3 Å². The second kappa shape index (κ2) is 9.13. The van der Waals surface area contributed by atoms with Crippen LogP contribution in [0.1, 0.15) is 48.9 Å². The maximum absolute atomic E-state index is 4.39. The Labute approximate surface area is 138 Å². The minimum absolute atomic E-state index is 0.882. The molecule has 1 aliphatic carbocycles. The monoisotopic (exact) mass is 322 g/mol. The summed E-state index contributed by atoms with van der Waals surface area (Å²) in [4.78, 5) is 9.96. The molecule has 22 heavy (non-hydrogen) atoms. The molecule has 0 bridgehead atoms. The number of guanidine groups is 1. The van der Waals surface area contributed by atoms with Gasteiger partial charge in [-0.15, -0.1) is 11.3 Å². The third kappa shape index (κ3) is 5.95. The Hall–Kier alpha value is -1.10. The number of aryl methyl sites for hydroxylation is 1. The molecule has 2 N–H and O–H groups in total. The number of thiazole rings is 1. The van der Waals surface area contributed by atoms with Gasteiger partial charge in [-0.05, 0) is 31.6 Å². The number of aliphatic imine (C=N–C) groups is 1. The van der Waals surface area contributed by atoms with Crippen molar-refractivity contribution >= 4 is 17.3 Å². The molecule has 0 aliphatic heterocycles. The minimum atomic E-state index is 0.882. The van der Waals surface area contributed by atoms with Crippen molar-refractivity contribution in [1.29, 1.82) is 0 Å². The molecule has 1 aromatic heterocycles. The normalized spacial score (nSPS) is 22.6. The van der Waals surface area contributed by atoms with E-state index in [0.717, 1.165) is 37.3 Å². The molecule has 2 unspecified atom stereocenters. The number of hydrogen-bond donors (Lipinski definition) is 2. The Morgan fingerprint density at radius 2 is 2.18 bits per heavy atom. The van der Waals surface area contributed by atoms with Crippen molar-refractivity contribution in [3.63, 3.8) is 0 Å². The SMILES string of the molecule is CN=C(NCCc1ncc(C)s1)NCCC1CCCC(C)C1. The Morgan fingerprint density at radius 1 is 1.36 bits per heavy atom. The summed E-state index contributed by atoms with van der Waals surface area (Å²) in [5.74, 6) is 2.72. The maximum Gasteiger partial charge on any atom is 0.190 e. The first-order valence-corrected chi connectivity index (χ1v) is 9.35. The lowest BCUT2D eigenvalue weighted by Gasteiger charge is -2.26. The predicted molar refractivity (Wildman–Crippen MR) is 95.7 cm³/mol. The smallest absolute Gasteiger partial charge is 0.190 e. The molecule has 1 aliphatic rings. The van der Waals surface area contributed by atoms with Gasteiger partial charge in [-0.3, -0.25) is 4.99 Å². The van der Waals surface area contributed by atoms with Crippen molar-refractivity contribution in [2.75, 3.05) is 20.1 Å². The summed E-state index contributed by atoms with van der Waals surface area (Å²) < 4.78 is 0. The van der Waals surface area contributed by atoms with Gasteiger partial charge in [0, 0.05) is 37.6 Å². The van der Waals surface area contributed by atoms with E-state index in [2.05, 4.69) is 34.5 Å². The van der Waals surface area contributed by atoms with Gasteiger partial charge in [0.15, 0.2) is 5.96 Å². The van der Waals surface area contributed by atoms with E-state index in [9.17, 15) is 0 Å². The average molecular weight is 323 g/mol. The standard InChI is InChI=1S/C17H30N4S/c1-13-5-4-6-15(11-13)7-9-19-17(18-3)20-10-8-16-21-12-14(2)22-16/h12-13,15H,4-11H2,1-3H3,(H2,18,19,20). The highest BCUT2D eigenvalue weighted by molar-refractivity contribution is 7.11. The van der Waals surface area contributed by atoms with E-state index in [1.807, 2.05) is 13.2 Å². The highest BCUT2D eigenvalue weighted by Gasteiger charge is 2.18. The molecule has 1 heterocycles. The van der Waals surface area contributed by atoms with Gasteiger partial charge in [-0.1, -0.05) is 26.2 Å². The summed E-state index contributed by atoms with van der Waals surface area (Å²) >= 11 is 1.77. The summed E-state index contributed by atoms with van der Waals surface area (Å²) in [6.07, 6.45) is 9.79. The lowest BCUT2D eigenvalue weighted by molar-refractivity contribution is 0.270. The van der Waals surface area contributed by atoms with Gasteiger partial charge in [-0.25, -0.2) is 4.98 Å². The van der Waals surface area contributed by atoms with Crippen molar-refractivity contribution in [3.05, 3.63) is 16.1 Å². The number of rotatable bonds is 6. The summed E-state index contributed by atoms with van der Waals surface area (Å²) in [6, 6.07) is 0. The molecule has 4 nitrogen and oxygen atoms in total. The topological polar surface area (TPSA) is 49.3 Å². The molecule has 1 aromatic rings. The zero-order valence-corrected chi connectivity index (χ0v) is 15.0. The molecule has 2 rings (SSSR count). The zero-order chi connectivity index (χ0) is 15.8. The van der Waals surface area contributed by atoms with Gasteiger partial charge in [-0.2, -0.15) is 0 Å². The third-order valence-corrected chi connectivity index (χ3v) is 5.39. The van der Waals surface area contributed by atoms with Crippen LogP contribution in [0.25, 0.3) is 0 Å². The number of aromatic nitrogens is 1. The molecule has 1 fully saturated rings. The molecule has 0 saturated heterocycles. The molecule has 1 saturated carbocycles. The highest BCUT2D eigenvalue weighted by Crippen LogP contribution is 2.30. The quantitative estimate of drug-likeness (QED) is 0.623. The van der Waals surface area contributed by atoms with Crippen LogP contribution in [0, 0.1) is 18.8 Å². The van der Waals surface area contributed by atoms with Crippen LogP contribution in [-0.2, 0) is 6.42 Å². The van der Waals surface area contributed by atoms with Crippen molar-refractivity contribution in [1.82, 2.24) is 15.6 Å². The number of nitrogens with zero attached hydrogens (tertiary/aromatic N) is 2. The second-order valence-corrected chi connectivity index (χ2v) is 7.79. The second-order valence-electron chi connectivity index (χ2n) is 6.47. The molecule has 124 valence electrons. The van der Waals surface area contributed by atoms with Crippen LogP contribution in [-0.4, -0.2) is 31.1 Å².